The van der Waals surface area contributed by atoms with Crippen LogP contribution in [0.3, 0.4) is 0 Å². The Morgan fingerprint density at radius 2 is 2.14 bits per heavy atom. The molecule has 1 aromatic carbocycles. The zero-order valence-electron chi connectivity index (χ0n) is 21.5. The van der Waals surface area contributed by atoms with Gasteiger partial charge in [-0.2, -0.15) is 0 Å². The van der Waals surface area contributed by atoms with Crippen LogP contribution >= 0.6 is 0 Å². The van der Waals surface area contributed by atoms with Crippen LogP contribution in [-0.4, -0.2) is 48.6 Å². The van der Waals surface area contributed by atoms with E-state index in [2.05, 4.69) is 26.7 Å². The fourth-order valence-electron chi connectivity index (χ4n) is 4.12. The number of nitrogens with one attached hydrogen (secondary N) is 2. The van der Waals surface area contributed by atoms with E-state index in [1.54, 1.807) is 37.7 Å². The molecule has 1 amide bonds. The molecule has 0 saturated carbocycles. The van der Waals surface area contributed by atoms with Crippen molar-refractivity contribution in [2.75, 3.05) is 20.2 Å². The van der Waals surface area contributed by atoms with Crippen molar-refractivity contribution in [2.24, 2.45) is 21.6 Å². The summed E-state index contributed by atoms with van der Waals surface area (Å²) in [7, 11) is 1.63. The molecule has 37 heavy (non-hydrogen) atoms. The number of hydrogen-bond donors (Lipinski definition) is 4. The molecule has 1 atom stereocenters. The van der Waals surface area contributed by atoms with Crippen LogP contribution in [0.5, 0.6) is 11.5 Å². The monoisotopic (exact) mass is 504 g/mol. The van der Waals surface area contributed by atoms with Crippen molar-refractivity contribution in [3.05, 3.63) is 77.0 Å². The van der Waals surface area contributed by atoms with Crippen molar-refractivity contribution in [3.63, 3.8) is 0 Å². The highest BCUT2D eigenvalue weighted by atomic mass is 16.5. The number of nitrogens with two attached hydrogens (primary N) is 1. The lowest BCUT2D eigenvalue weighted by Gasteiger charge is -2.20. The highest BCUT2D eigenvalue weighted by Crippen LogP contribution is 2.28. The highest BCUT2D eigenvalue weighted by Gasteiger charge is 2.18. The van der Waals surface area contributed by atoms with Crippen LogP contribution in [0.15, 0.2) is 75.9 Å². The Kier molecular flexibility index (Phi) is 10.7. The molecule has 0 fully saturated rings. The third kappa shape index (κ3) is 8.79. The second kappa shape index (κ2) is 14.4. The van der Waals surface area contributed by atoms with Gasteiger partial charge in [0.15, 0.2) is 0 Å². The van der Waals surface area contributed by atoms with E-state index in [4.69, 9.17) is 15.5 Å². The van der Waals surface area contributed by atoms with E-state index in [1.807, 2.05) is 25.3 Å². The molecule has 1 aliphatic rings. The average Bonchev–Trinajstić information content (AvgIpc) is 2.97. The summed E-state index contributed by atoms with van der Waals surface area (Å²) in [4.78, 5) is 24.4. The number of methoxy groups -OCH3 is 1. The molecule has 1 unspecified atom stereocenters. The smallest absolute Gasteiger partial charge is 0.207 e. The molecule has 0 bridgehead atoms. The number of aliphatic imine (C=N–C) groups is 2. The highest BCUT2D eigenvalue weighted by molar-refractivity contribution is 5.98. The molecule has 3 rings (SSSR count). The number of nitrogens with zero attached hydrogens (tertiary/aromatic N) is 3. The number of aryl methyl sites for hydroxylation is 1. The normalized spacial score (nSPS) is 19.3. The van der Waals surface area contributed by atoms with Gasteiger partial charge in [-0.1, -0.05) is 6.07 Å². The molecule has 9 heteroatoms. The number of rotatable bonds is 13. The van der Waals surface area contributed by atoms with Crippen LogP contribution in [0.1, 0.15) is 37.3 Å². The number of allylic oxidation sites excluding steroid dienone is 3. The summed E-state index contributed by atoms with van der Waals surface area (Å²) >= 11 is 0. The molecular weight excluding hydrogens is 468 g/mol. The Bertz CT molecular complexity index is 1160. The van der Waals surface area contributed by atoms with Crippen LogP contribution in [0.2, 0.25) is 0 Å². The Morgan fingerprint density at radius 1 is 1.27 bits per heavy atom. The summed E-state index contributed by atoms with van der Waals surface area (Å²) in [6, 6.07) is 9.06. The van der Waals surface area contributed by atoms with Gasteiger partial charge >= 0.3 is 0 Å². The quantitative estimate of drug-likeness (QED) is 0.244. The van der Waals surface area contributed by atoms with Crippen molar-refractivity contribution >= 4 is 18.3 Å². The van der Waals surface area contributed by atoms with Crippen LogP contribution in [0.4, 0.5) is 0 Å². The van der Waals surface area contributed by atoms with Gasteiger partial charge in [-0.25, -0.2) is 0 Å². The molecule has 0 saturated heterocycles. The minimum atomic E-state index is 0.0662. The van der Waals surface area contributed by atoms with Crippen molar-refractivity contribution in [1.29, 1.82) is 0 Å². The lowest BCUT2D eigenvalue weighted by Crippen LogP contribution is -2.22. The van der Waals surface area contributed by atoms with E-state index in [0.717, 1.165) is 54.0 Å². The maximum Gasteiger partial charge on any atom is 0.207 e. The Hall–Kier alpha value is -4.14. The van der Waals surface area contributed by atoms with E-state index < -0.39 is 0 Å². The third-order valence-corrected chi connectivity index (χ3v) is 6.17. The first kappa shape index (κ1) is 27.4. The summed E-state index contributed by atoms with van der Waals surface area (Å²) in [6.07, 6.45) is 11.1. The summed E-state index contributed by atoms with van der Waals surface area (Å²) in [5.74, 6) is 1.00. The van der Waals surface area contributed by atoms with Crippen molar-refractivity contribution in [2.45, 2.75) is 39.2 Å². The second-order valence-corrected chi connectivity index (χ2v) is 8.88. The molecule has 5 N–H and O–H groups in total. The number of ether oxygens (including phenoxy) is 1. The molecule has 0 aliphatic carbocycles. The predicted molar refractivity (Wildman–Crippen MR) is 147 cm³/mol. The van der Waals surface area contributed by atoms with Crippen LogP contribution in [-0.2, 0) is 17.8 Å². The number of hydrogen-bond acceptors (Lipinski definition) is 8. The largest absolute Gasteiger partial charge is 0.508 e. The molecule has 0 spiro atoms. The molecule has 1 aromatic heterocycles. The lowest BCUT2D eigenvalue weighted by molar-refractivity contribution is -0.109. The molecule has 9 nitrogen and oxygen atoms in total. The third-order valence-electron chi connectivity index (χ3n) is 6.17. The van der Waals surface area contributed by atoms with E-state index in [-0.39, 0.29) is 11.7 Å². The van der Waals surface area contributed by atoms with Crippen molar-refractivity contribution < 1.29 is 14.6 Å². The predicted octanol–water partition coefficient (Wildman–Crippen LogP) is 3.26. The van der Waals surface area contributed by atoms with E-state index in [0.29, 0.717) is 37.4 Å². The Labute approximate surface area is 218 Å². The van der Waals surface area contributed by atoms with Crippen LogP contribution in [0, 0.1) is 5.92 Å². The average molecular weight is 505 g/mol. The van der Waals surface area contributed by atoms with E-state index in [1.165, 1.54) is 0 Å². The topological polar surface area (TPSA) is 134 Å². The van der Waals surface area contributed by atoms with Crippen molar-refractivity contribution in [1.82, 2.24) is 15.6 Å². The van der Waals surface area contributed by atoms with Gasteiger partial charge in [0.25, 0.3) is 0 Å². The first-order chi connectivity index (χ1) is 18.0. The van der Waals surface area contributed by atoms with E-state index >= 15 is 0 Å². The Balaban J connectivity index is 1.89. The van der Waals surface area contributed by atoms with E-state index in [9.17, 15) is 9.90 Å². The zero-order chi connectivity index (χ0) is 26.5. The molecule has 0 radical (unpaired) electrons. The van der Waals surface area contributed by atoms with Gasteiger partial charge in [0, 0.05) is 49.0 Å². The van der Waals surface area contributed by atoms with Gasteiger partial charge in [0.1, 0.15) is 11.5 Å². The number of carbonyl (C=O) groups is 1. The maximum absolute atomic E-state index is 10.8. The molecule has 2 aromatic rings. The first-order valence-electron chi connectivity index (χ1n) is 12.4. The molecule has 196 valence electrons. The van der Waals surface area contributed by atoms with Gasteiger partial charge in [0.2, 0.25) is 6.41 Å². The van der Waals surface area contributed by atoms with Crippen LogP contribution in [0.25, 0.3) is 0 Å². The number of carbonyl (C=O) groups excluding carboxylic acids is 1. The number of phenolic OH excluding ortho intramolecular Hbond substituents is 1. The minimum absolute atomic E-state index is 0.0662. The second-order valence-electron chi connectivity index (χ2n) is 8.88. The lowest BCUT2D eigenvalue weighted by atomic mass is 9.89. The van der Waals surface area contributed by atoms with Gasteiger partial charge in [-0.15, -0.1) is 0 Å². The fourth-order valence-corrected chi connectivity index (χ4v) is 4.12. The van der Waals surface area contributed by atoms with Crippen LogP contribution < -0.4 is 21.1 Å². The maximum atomic E-state index is 10.8. The van der Waals surface area contributed by atoms with Gasteiger partial charge < -0.3 is 26.2 Å². The van der Waals surface area contributed by atoms with Gasteiger partial charge in [0.05, 0.1) is 25.0 Å². The number of aromatic nitrogens is 1. The number of benzene rings is 1. The molecule has 1 aliphatic heterocycles. The number of pyridine rings is 1. The molecular formula is C28H36N6O3. The zero-order valence-corrected chi connectivity index (χ0v) is 21.5. The summed E-state index contributed by atoms with van der Waals surface area (Å²) < 4.78 is 5.51. The Morgan fingerprint density at radius 3 is 2.89 bits per heavy atom. The number of phenols is 1. The molecule has 2 heterocycles. The van der Waals surface area contributed by atoms with Gasteiger partial charge in [-0.3, -0.25) is 19.8 Å². The SMILES string of the molecule is COc1ccc(O)cc1CCC(CCCNC=O)C1=N\C(C)=C(/N)C=NC/C(NCc2cccnc2)=C\1. The number of amides is 1. The number of aromatic hydroxyl groups is 1. The standard InChI is InChI=1S/C28H36N6O3/c1-20-26(29)18-32-17-24(33-16-21-5-3-11-30-15-21)14-27(34-20)22(6-4-12-31-19-35)7-8-23-13-25(36)9-10-28(23)37-2/h3,5,9-11,13-15,18-19,22,33,36H,4,6-8,12,16-17,29H2,1-2H3,(H,31,35)/b24-14+,26-20-,32-18?,34-27-. The van der Waals surface area contributed by atoms with Crippen molar-refractivity contribution in [3.8, 4) is 11.5 Å². The summed E-state index contributed by atoms with van der Waals surface area (Å²) in [5.41, 5.74) is 11.3. The fraction of sp³-hybridized carbons (Fsp3) is 0.357. The minimum Gasteiger partial charge on any atom is -0.508 e. The first-order valence-corrected chi connectivity index (χ1v) is 12.4. The summed E-state index contributed by atoms with van der Waals surface area (Å²) in [5, 5.41) is 16.2. The van der Waals surface area contributed by atoms with Gasteiger partial charge in [-0.05, 0) is 74.1 Å². The summed E-state index contributed by atoms with van der Waals surface area (Å²) in [6.45, 7) is 3.51.